The second-order valence-electron chi connectivity index (χ2n) is 4.10. The van der Waals surface area contributed by atoms with E-state index in [4.69, 9.17) is 22.2 Å². The topological polar surface area (TPSA) is 47.3 Å². The van der Waals surface area contributed by atoms with Crippen molar-refractivity contribution in [1.29, 1.82) is 0 Å². The van der Waals surface area contributed by atoms with Crippen molar-refractivity contribution in [3.63, 3.8) is 0 Å². The number of nitrogens with two attached hydrogens (primary N) is 1. The molecule has 0 fully saturated rings. The summed E-state index contributed by atoms with van der Waals surface area (Å²) in [7, 11) is 0. The predicted molar refractivity (Wildman–Crippen MR) is 74.7 cm³/mol. The van der Waals surface area contributed by atoms with Crippen molar-refractivity contribution in [3.8, 4) is 5.75 Å². The summed E-state index contributed by atoms with van der Waals surface area (Å²) in [4.78, 5) is 0. The molecular formula is C14H14ClFN2O. The molecule has 3 N–H and O–H groups in total. The van der Waals surface area contributed by atoms with E-state index in [2.05, 4.69) is 5.43 Å². The number of halogens is 2. The van der Waals surface area contributed by atoms with Gasteiger partial charge in [-0.1, -0.05) is 23.7 Å². The zero-order chi connectivity index (χ0) is 13.8. The Morgan fingerprint density at radius 3 is 2.68 bits per heavy atom. The summed E-state index contributed by atoms with van der Waals surface area (Å²) in [6, 6.07) is 11.4. The molecule has 2 aromatic rings. The van der Waals surface area contributed by atoms with Crippen molar-refractivity contribution in [3.05, 3.63) is 58.9 Å². The van der Waals surface area contributed by atoms with Gasteiger partial charge in [-0.15, -0.1) is 0 Å². The number of benzene rings is 2. The summed E-state index contributed by atoms with van der Waals surface area (Å²) in [5.41, 5.74) is 3.94. The summed E-state index contributed by atoms with van der Waals surface area (Å²) >= 11 is 6.08. The van der Waals surface area contributed by atoms with Gasteiger partial charge in [0.25, 0.3) is 0 Å². The molecule has 0 aliphatic rings. The van der Waals surface area contributed by atoms with Gasteiger partial charge in [0.1, 0.15) is 17.7 Å². The molecule has 0 amide bonds. The molecule has 0 radical (unpaired) electrons. The van der Waals surface area contributed by atoms with E-state index in [-0.39, 0.29) is 11.9 Å². The van der Waals surface area contributed by atoms with Crippen molar-refractivity contribution in [2.24, 2.45) is 5.84 Å². The smallest absolute Gasteiger partial charge is 0.138 e. The van der Waals surface area contributed by atoms with E-state index >= 15 is 0 Å². The Kier molecular flexibility index (Phi) is 4.24. The van der Waals surface area contributed by atoms with Crippen LogP contribution in [-0.2, 0) is 0 Å². The standard InChI is InChI=1S/C14H14ClFN2O/c1-9(10-3-2-4-11(16)7-10)19-14-6-5-12(18-17)8-13(14)15/h2-9,18H,17H2,1H3. The zero-order valence-electron chi connectivity index (χ0n) is 10.4. The summed E-state index contributed by atoms with van der Waals surface area (Å²) in [5, 5.41) is 0.443. The van der Waals surface area contributed by atoms with Crippen LogP contribution < -0.4 is 16.0 Å². The molecular weight excluding hydrogens is 267 g/mol. The lowest BCUT2D eigenvalue weighted by atomic mass is 10.1. The Hall–Kier alpha value is -1.78. The summed E-state index contributed by atoms with van der Waals surface area (Å²) in [5.74, 6) is 5.52. The number of rotatable bonds is 4. The van der Waals surface area contributed by atoms with Gasteiger partial charge in [0.2, 0.25) is 0 Å². The van der Waals surface area contributed by atoms with Crippen molar-refractivity contribution < 1.29 is 9.13 Å². The molecule has 0 spiro atoms. The highest BCUT2D eigenvalue weighted by atomic mass is 35.5. The Morgan fingerprint density at radius 1 is 1.26 bits per heavy atom. The van der Waals surface area contributed by atoms with Crippen molar-refractivity contribution in [2.75, 3.05) is 5.43 Å². The molecule has 0 aromatic heterocycles. The number of nitrogens with one attached hydrogen (secondary N) is 1. The SMILES string of the molecule is CC(Oc1ccc(NN)cc1Cl)c1cccc(F)c1. The normalized spacial score (nSPS) is 12.0. The number of nitrogen functional groups attached to an aromatic ring is 1. The van der Waals surface area contributed by atoms with Gasteiger partial charge in [0.05, 0.1) is 10.7 Å². The van der Waals surface area contributed by atoms with Crippen LogP contribution in [0.2, 0.25) is 5.02 Å². The first kappa shape index (κ1) is 13.6. The first-order valence-corrected chi connectivity index (χ1v) is 6.16. The highest BCUT2D eigenvalue weighted by Crippen LogP contribution is 2.31. The van der Waals surface area contributed by atoms with Crippen molar-refractivity contribution in [1.82, 2.24) is 0 Å². The number of hydrogen-bond donors (Lipinski definition) is 2. The van der Waals surface area contributed by atoms with Crippen LogP contribution >= 0.6 is 11.6 Å². The second kappa shape index (κ2) is 5.91. The van der Waals surface area contributed by atoms with Crippen LogP contribution in [0, 0.1) is 5.82 Å². The number of anilines is 1. The largest absolute Gasteiger partial charge is 0.484 e. The third-order valence-corrected chi connectivity index (χ3v) is 3.02. The van der Waals surface area contributed by atoms with E-state index < -0.39 is 0 Å². The fraction of sp³-hybridized carbons (Fsp3) is 0.143. The highest BCUT2D eigenvalue weighted by molar-refractivity contribution is 6.32. The molecule has 0 heterocycles. The lowest BCUT2D eigenvalue weighted by molar-refractivity contribution is 0.226. The minimum absolute atomic E-state index is 0.290. The molecule has 0 saturated heterocycles. The average molecular weight is 281 g/mol. The first-order chi connectivity index (χ1) is 9.10. The van der Waals surface area contributed by atoms with E-state index in [0.717, 1.165) is 5.56 Å². The van der Waals surface area contributed by atoms with Crippen LogP contribution in [0.15, 0.2) is 42.5 Å². The maximum Gasteiger partial charge on any atom is 0.138 e. The van der Waals surface area contributed by atoms with E-state index in [1.54, 1.807) is 30.3 Å². The van der Waals surface area contributed by atoms with E-state index in [1.807, 2.05) is 6.92 Å². The Labute approximate surface area is 116 Å². The molecule has 0 bridgehead atoms. The van der Waals surface area contributed by atoms with Gasteiger partial charge in [-0.05, 0) is 42.8 Å². The maximum atomic E-state index is 13.1. The predicted octanol–water partition coefficient (Wildman–Crippen LogP) is 3.90. The molecule has 5 heteroatoms. The average Bonchev–Trinajstić information content (AvgIpc) is 2.41. The Morgan fingerprint density at radius 2 is 2.05 bits per heavy atom. The van der Waals surface area contributed by atoms with E-state index in [9.17, 15) is 4.39 Å². The fourth-order valence-electron chi connectivity index (χ4n) is 1.70. The molecule has 1 atom stereocenters. The third-order valence-electron chi connectivity index (χ3n) is 2.72. The minimum Gasteiger partial charge on any atom is -0.484 e. The van der Waals surface area contributed by atoms with Gasteiger partial charge in [0.15, 0.2) is 0 Å². The van der Waals surface area contributed by atoms with Crippen LogP contribution in [0.1, 0.15) is 18.6 Å². The Bertz CT molecular complexity index is 577. The monoisotopic (exact) mass is 280 g/mol. The van der Waals surface area contributed by atoms with Gasteiger partial charge in [-0.3, -0.25) is 5.84 Å². The molecule has 19 heavy (non-hydrogen) atoms. The lowest BCUT2D eigenvalue weighted by Crippen LogP contribution is -2.07. The van der Waals surface area contributed by atoms with Crippen LogP contribution in [0.25, 0.3) is 0 Å². The molecule has 0 aliphatic heterocycles. The second-order valence-corrected chi connectivity index (χ2v) is 4.51. The van der Waals surface area contributed by atoms with Crippen LogP contribution in [0.3, 0.4) is 0 Å². The van der Waals surface area contributed by atoms with Crippen LogP contribution in [0.5, 0.6) is 5.75 Å². The van der Waals surface area contributed by atoms with Gasteiger partial charge in [-0.2, -0.15) is 0 Å². The third kappa shape index (κ3) is 3.36. The number of hydrazine groups is 1. The quantitative estimate of drug-likeness (QED) is 0.659. The molecule has 2 rings (SSSR count). The van der Waals surface area contributed by atoms with E-state index in [1.165, 1.54) is 12.1 Å². The molecule has 2 aromatic carbocycles. The van der Waals surface area contributed by atoms with Crippen molar-refractivity contribution >= 4 is 17.3 Å². The number of ether oxygens (including phenoxy) is 1. The fourth-order valence-corrected chi connectivity index (χ4v) is 1.93. The van der Waals surface area contributed by atoms with Gasteiger partial charge in [-0.25, -0.2) is 4.39 Å². The van der Waals surface area contributed by atoms with Crippen LogP contribution in [0.4, 0.5) is 10.1 Å². The summed E-state index contributed by atoms with van der Waals surface area (Å²) in [6.07, 6.45) is -0.301. The lowest BCUT2D eigenvalue weighted by Gasteiger charge is -2.16. The Balaban J connectivity index is 2.17. The molecule has 3 nitrogen and oxygen atoms in total. The minimum atomic E-state index is -0.301. The molecule has 100 valence electrons. The molecule has 1 unspecified atom stereocenters. The maximum absolute atomic E-state index is 13.1. The molecule has 0 saturated carbocycles. The van der Waals surface area contributed by atoms with Gasteiger partial charge >= 0.3 is 0 Å². The summed E-state index contributed by atoms with van der Waals surface area (Å²) in [6.45, 7) is 1.83. The molecule has 0 aliphatic carbocycles. The summed E-state index contributed by atoms with van der Waals surface area (Å²) < 4.78 is 18.9. The first-order valence-electron chi connectivity index (χ1n) is 5.78. The zero-order valence-corrected chi connectivity index (χ0v) is 11.1. The highest BCUT2D eigenvalue weighted by Gasteiger charge is 2.10. The van der Waals surface area contributed by atoms with Gasteiger partial charge < -0.3 is 10.2 Å². The van der Waals surface area contributed by atoms with Gasteiger partial charge in [0, 0.05) is 0 Å². The van der Waals surface area contributed by atoms with E-state index in [0.29, 0.717) is 16.5 Å². The number of hydrogen-bond acceptors (Lipinski definition) is 3. The van der Waals surface area contributed by atoms with Crippen LogP contribution in [-0.4, -0.2) is 0 Å². The van der Waals surface area contributed by atoms with Crippen molar-refractivity contribution in [2.45, 2.75) is 13.0 Å².